The van der Waals surface area contributed by atoms with Gasteiger partial charge in [-0.25, -0.2) is 0 Å². The molecule has 0 aliphatic carbocycles. The van der Waals surface area contributed by atoms with Crippen molar-refractivity contribution in [2.24, 2.45) is 0 Å². The van der Waals surface area contributed by atoms with Gasteiger partial charge in [0, 0.05) is 12.7 Å². The van der Waals surface area contributed by atoms with Gasteiger partial charge < -0.3 is 9.64 Å². The lowest BCUT2D eigenvalue weighted by Crippen LogP contribution is -2.27. The molecule has 1 aromatic heterocycles. The van der Waals surface area contributed by atoms with Gasteiger partial charge in [-0.2, -0.15) is 0 Å². The molecule has 0 fully saturated rings. The largest absolute Gasteiger partial charge is 0.479 e. The lowest BCUT2D eigenvalue weighted by Gasteiger charge is -2.18. The second-order valence-corrected chi connectivity index (χ2v) is 4.18. The average Bonchev–Trinajstić information content (AvgIpc) is 2.46. The molecular formula is C13H12ClN3O2. The summed E-state index contributed by atoms with van der Waals surface area (Å²) in [6, 6.07) is 10.7. The summed E-state index contributed by atoms with van der Waals surface area (Å²) >= 11 is 5.77. The predicted molar refractivity (Wildman–Crippen MR) is 72.8 cm³/mol. The highest BCUT2D eigenvalue weighted by molar-refractivity contribution is 6.29. The third kappa shape index (κ3) is 2.82. The summed E-state index contributed by atoms with van der Waals surface area (Å²) in [7, 11) is 3.10. The smallest absolute Gasteiger partial charge is 0.263 e. The van der Waals surface area contributed by atoms with Crippen molar-refractivity contribution in [1.82, 2.24) is 10.2 Å². The van der Waals surface area contributed by atoms with Crippen LogP contribution in [0.3, 0.4) is 0 Å². The zero-order chi connectivity index (χ0) is 13.8. The first-order chi connectivity index (χ1) is 9.13. The van der Waals surface area contributed by atoms with Crippen LogP contribution >= 0.6 is 11.6 Å². The monoisotopic (exact) mass is 277 g/mol. The number of para-hydroxylation sites is 1. The van der Waals surface area contributed by atoms with Crippen molar-refractivity contribution in [1.29, 1.82) is 0 Å². The molecule has 98 valence electrons. The molecule has 0 atom stereocenters. The van der Waals surface area contributed by atoms with E-state index in [9.17, 15) is 4.79 Å². The molecule has 0 aliphatic heterocycles. The molecular weight excluding hydrogens is 266 g/mol. The predicted octanol–water partition coefficient (Wildman–Crippen LogP) is 2.42. The minimum atomic E-state index is -0.264. The van der Waals surface area contributed by atoms with Crippen LogP contribution < -0.4 is 9.64 Å². The molecule has 19 heavy (non-hydrogen) atoms. The van der Waals surface area contributed by atoms with E-state index in [-0.39, 0.29) is 22.5 Å². The maximum atomic E-state index is 12.4. The maximum Gasteiger partial charge on any atom is 0.263 e. The lowest BCUT2D eigenvalue weighted by atomic mass is 10.2. The van der Waals surface area contributed by atoms with Crippen molar-refractivity contribution in [3.8, 4) is 5.88 Å². The standard InChI is InChI=1S/C13H12ClN3O2/c1-17(9-6-4-3-5-7-9)13(18)10-8-11(14)15-16-12(10)19-2/h3-8H,1-2H3. The normalized spacial score (nSPS) is 10.1. The number of hydrogen-bond donors (Lipinski definition) is 0. The Hall–Kier alpha value is -2.14. The number of anilines is 1. The fourth-order valence-electron chi connectivity index (χ4n) is 1.61. The van der Waals surface area contributed by atoms with Gasteiger partial charge in [0.05, 0.1) is 7.11 Å². The number of amides is 1. The van der Waals surface area contributed by atoms with Crippen LogP contribution in [0.2, 0.25) is 5.15 Å². The Morgan fingerprint density at radius 3 is 2.58 bits per heavy atom. The highest BCUT2D eigenvalue weighted by Gasteiger charge is 2.20. The van der Waals surface area contributed by atoms with Gasteiger partial charge in [-0.05, 0) is 18.2 Å². The second kappa shape index (κ2) is 5.67. The molecule has 1 heterocycles. The Labute approximate surface area is 115 Å². The summed E-state index contributed by atoms with van der Waals surface area (Å²) in [5.74, 6) is -0.114. The van der Waals surface area contributed by atoms with Crippen LogP contribution in [0.5, 0.6) is 5.88 Å². The highest BCUT2D eigenvalue weighted by atomic mass is 35.5. The molecule has 0 saturated heterocycles. The lowest BCUT2D eigenvalue weighted by molar-refractivity contribution is 0.0989. The van der Waals surface area contributed by atoms with E-state index in [0.717, 1.165) is 5.69 Å². The Kier molecular flexibility index (Phi) is 3.97. The van der Waals surface area contributed by atoms with E-state index in [1.807, 2.05) is 30.3 Å². The number of benzene rings is 1. The number of ether oxygens (including phenoxy) is 1. The van der Waals surface area contributed by atoms with E-state index in [2.05, 4.69) is 10.2 Å². The maximum absolute atomic E-state index is 12.4. The van der Waals surface area contributed by atoms with Gasteiger partial charge in [0.15, 0.2) is 5.15 Å². The van der Waals surface area contributed by atoms with Crippen molar-refractivity contribution in [3.05, 3.63) is 47.1 Å². The quantitative estimate of drug-likeness (QED) is 0.864. The number of carbonyl (C=O) groups is 1. The molecule has 6 heteroatoms. The van der Waals surface area contributed by atoms with Crippen LogP contribution in [0.4, 0.5) is 5.69 Å². The highest BCUT2D eigenvalue weighted by Crippen LogP contribution is 2.21. The van der Waals surface area contributed by atoms with Crippen molar-refractivity contribution >= 4 is 23.2 Å². The zero-order valence-corrected chi connectivity index (χ0v) is 11.3. The molecule has 5 nitrogen and oxygen atoms in total. The van der Waals surface area contributed by atoms with Crippen LogP contribution in [0.25, 0.3) is 0 Å². The van der Waals surface area contributed by atoms with Crippen molar-refractivity contribution in [3.63, 3.8) is 0 Å². The zero-order valence-electron chi connectivity index (χ0n) is 10.5. The number of nitrogens with zero attached hydrogens (tertiary/aromatic N) is 3. The first kappa shape index (κ1) is 13.3. The molecule has 0 aliphatic rings. The molecule has 0 bridgehead atoms. The number of carbonyl (C=O) groups excluding carboxylic acids is 1. The molecule has 0 unspecified atom stereocenters. The summed E-state index contributed by atoms with van der Waals surface area (Å²) in [5.41, 5.74) is 1.04. The van der Waals surface area contributed by atoms with E-state index in [1.54, 1.807) is 7.05 Å². The summed E-state index contributed by atoms with van der Waals surface area (Å²) < 4.78 is 5.03. The van der Waals surface area contributed by atoms with Crippen molar-refractivity contribution in [2.45, 2.75) is 0 Å². The Bertz CT molecular complexity index is 590. The van der Waals surface area contributed by atoms with Gasteiger partial charge >= 0.3 is 0 Å². The van der Waals surface area contributed by atoms with Crippen LogP contribution in [0.15, 0.2) is 36.4 Å². The molecule has 1 aromatic carbocycles. The van der Waals surface area contributed by atoms with Crippen molar-refractivity contribution < 1.29 is 9.53 Å². The Morgan fingerprint density at radius 2 is 1.95 bits per heavy atom. The molecule has 1 amide bonds. The molecule has 0 spiro atoms. The molecule has 0 N–H and O–H groups in total. The second-order valence-electron chi connectivity index (χ2n) is 3.79. The van der Waals surface area contributed by atoms with E-state index < -0.39 is 0 Å². The van der Waals surface area contributed by atoms with Crippen LogP contribution in [0.1, 0.15) is 10.4 Å². The fraction of sp³-hybridized carbons (Fsp3) is 0.154. The summed E-state index contributed by atoms with van der Waals surface area (Å²) in [4.78, 5) is 13.9. The van der Waals surface area contributed by atoms with E-state index in [0.29, 0.717) is 0 Å². The fourth-order valence-corrected chi connectivity index (χ4v) is 1.76. The van der Waals surface area contributed by atoms with Gasteiger partial charge in [0.25, 0.3) is 5.91 Å². The van der Waals surface area contributed by atoms with E-state index >= 15 is 0 Å². The Morgan fingerprint density at radius 1 is 1.26 bits per heavy atom. The van der Waals surface area contributed by atoms with Gasteiger partial charge in [-0.3, -0.25) is 4.79 Å². The van der Waals surface area contributed by atoms with Crippen molar-refractivity contribution in [2.75, 3.05) is 19.1 Å². The SMILES string of the molecule is COc1nnc(Cl)cc1C(=O)N(C)c1ccccc1. The summed E-state index contributed by atoms with van der Waals surface area (Å²) in [5, 5.41) is 7.53. The number of aromatic nitrogens is 2. The first-order valence-electron chi connectivity index (χ1n) is 5.54. The first-order valence-corrected chi connectivity index (χ1v) is 5.91. The van der Waals surface area contributed by atoms with Gasteiger partial charge in [0.1, 0.15) is 5.56 Å². The van der Waals surface area contributed by atoms with Gasteiger partial charge in [0.2, 0.25) is 5.88 Å². The van der Waals surface area contributed by atoms with Gasteiger partial charge in [-0.1, -0.05) is 29.8 Å². The molecule has 0 saturated carbocycles. The van der Waals surface area contributed by atoms with Crippen LogP contribution in [0, 0.1) is 0 Å². The minimum Gasteiger partial charge on any atom is -0.479 e. The summed E-state index contributed by atoms with van der Waals surface area (Å²) in [6.45, 7) is 0. The molecule has 0 radical (unpaired) electrons. The topological polar surface area (TPSA) is 55.3 Å². The van der Waals surface area contributed by atoms with Crippen LogP contribution in [-0.2, 0) is 0 Å². The number of halogens is 1. The Balaban J connectivity index is 2.37. The van der Waals surface area contributed by atoms with E-state index in [1.165, 1.54) is 18.1 Å². The number of hydrogen-bond acceptors (Lipinski definition) is 4. The minimum absolute atomic E-state index is 0.144. The summed E-state index contributed by atoms with van der Waals surface area (Å²) in [6.07, 6.45) is 0. The molecule has 2 rings (SSSR count). The van der Waals surface area contributed by atoms with E-state index in [4.69, 9.17) is 16.3 Å². The number of methoxy groups -OCH3 is 1. The third-order valence-corrected chi connectivity index (χ3v) is 2.79. The average molecular weight is 278 g/mol. The third-order valence-electron chi connectivity index (χ3n) is 2.60. The number of rotatable bonds is 3. The van der Waals surface area contributed by atoms with Gasteiger partial charge in [-0.15, -0.1) is 10.2 Å². The molecule has 2 aromatic rings. The van der Waals surface area contributed by atoms with Crippen LogP contribution in [-0.4, -0.2) is 30.3 Å².